The number of rotatable bonds is 2. The molecule has 0 saturated carbocycles. The monoisotopic (exact) mass is 235 g/mol. The summed E-state index contributed by atoms with van der Waals surface area (Å²) in [5.41, 5.74) is 1.96. The number of hydrogen-bond acceptors (Lipinski definition) is 1. The van der Waals surface area contributed by atoms with Gasteiger partial charge in [0.2, 0.25) is 0 Å². The fourth-order valence-electron chi connectivity index (χ4n) is 1.38. The molecule has 0 bridgehead atoms. The molecule has 0 aliphatic carbocycles. The van der Waals surface area contributed by atoms with E-state index in [1.165, 1.54) is 0 Å². The molecule has 16 heavy (non-hydrogen) atoms. The third-order valence-corrected chi connectivity index (χ3v) is 2.19. The van der Waals surface area contributed by atoms with Gasteiger partial charge in [-0.2, -0.15) is 0 Å². The maximum atomic E-state index is 9.54. The third kappa shape index (κ3) is 3.89. The molecule has 0 radical (unpaired) electrons. The number of hydrogen-bond donors (Lipinski definition) is 1. The van der Waals surface area contributed by atoms with Gasteiger partial charge in [-0.15, -0.1) is 0 Å². The molecule has 0 aromatic heterocycles. The molecule has 2 aromatic rings. The molecule has 0 unspecified atom stereocenters. The summed E-state index contributed by atoms with van der Waals surface area (Å²) in [6.07, 6.45) is 3.89. The van der Waals surface area contributed by atoms with E-state index < -0.39 is 0 Å². The number of para-hydroxylation sites is 1. The Labute approximate surface area is 138 Å². The minimum Gasteiger partial charge on any atom is -0.507 e. The average Bonchev–Trinajstić information content (AvgIpc) is 2.29. The fourth-order valence-corrected chi connectivity index (χ4v) is 1.38. The van der Waals surface area contributed by atoms with Gasteiger partial charge in [0, 0.05) is 5.56 Å². The van der Waals surface area contributed by atoms with Crippen molar-refractivity contribution in [2.75, 3.05) is 0 Å². The van der Waals surface area contributed by atoms with Gasteiger partial charge in [-0.1, -0.05) is 60.7 Å². The van der Waals surface area contributed by atoms with Crippen LogP contribution in [0.1, 0.15) is 11.1 Å². The Bertz CT molecular complexity index is 463. The van der Waals surface area contributed by atoms with Crippen LogP contribution in [0.5, 0.6) is 5.75 Å². The standard InChI is InChI=1S/C14H12O.K/c15-14-9-5-4-8-13(14)11-10-12-6-2-1-3-7-12;/h1-11,15H;/q;+1/b11-10+;. The van der Waals surface area contributed by atoms with E-state index in [0.717, 1.165) is 11.1 Å². The van der Waals surface area contributed by atoms with Crippen molar-refractivity contribution in [1.82, 2.24) is 0 Å². The molecule has 0 saturated heterocycles. The van der Waals surface area contributed by atoms with Crippen molar-refractivity contribution in [3.05, 3.63) is 65.7 Å². The normalized spacial score (nSPS) is 10.0. The molecule has 74 valence electrons. The van der Waals surface area contributed by atoms with Crippen molar-refractivity contribution in [3.8, 4) is 5.75 Å². The molecular formula is C14H12KO+. The zero-order valence-corrected chi connectivity index (χ0v) is 12.4. The summed E-state index contributed by atoms with van der Waals surface area (Å²) in [5.74, 6) is 0.310. The van der Waals surface area contributed by atoms with Crippen LogP contribution in [0.15, 0.2) is 54.6 Å². The van der Waals surface area contributed by atoms with Crippen molar-refractivity contribution in [3.63, 3.8) is 0 Å². The van der Waals surface area contributed by atoms with E-state index in [-0.39, 0.29) is 51.4 Å². The van der Waals surface area contributed by atoms with Crippen LogP contribution in [0.4, 0.5) is 0 Å². The average molecular weight is 235 g/mol. The molecule has 0 aliphatic rings. The fraction of sp³-hybridized carbons (Fsp3) is 0. The maximum Gasteiger partial charge on any atom is 1.00 e. The first-order valence-electron chi connectivity index (χ1n) is 4.87. The maximum absolute atomic E-state index is 9.54. The van der Waals surface area contributed by atoms with Gasteiger partial charge in [-0.25, -0.2) is 0 Å². The van der Waals surface area contributed by atoms with Crippen LogP contribution >= 0.6 is 0 Å². The molecule has 1 N–H and O–H groups in total. The zero-order valence-electron chi connectivity index (χ0n) is 9.30. The molecule has 0 aliphatic heterocycles. The molecule has 0 amide bonds. The topological polar surface area (TPSA) is 20.2 Å². The number of aromatic hydroxyl groups is 1. The van der Waals surface area contributed by atoms with E-state index in [9.17, 15) is 5.11 Å². The number of phenolic OH excluding ortho intramolecular Hbond substituents is 1. The summed E-state index contributed by atoms with van der Waals surface area (Å²) in [4.78, 5) is 0. The van der Waals surface area contributed by atoms with Crippen LogP contribution in [-0.2, 0) is 0 Å². The van der Waals surface area contributed by atoms with Gasteiger partial charge in [-0.3, -0.25) is 0 Å². The molecule has 0 spiro atoms. The Kier molecular flexibility index (Phi) is 6.02. The second-order valence-corrected chi connectivity index (χ2v) is 3.30. The molecule has 2 rings (SSSR count). The SMILES string of the molecule is Oc1ccccc1/C=C/c1ccccc1.[K+]. The van der Waals surface area contributed by atoms with Gasteiger partial charge >= 0.3 is 51.4 Å². The number of benzene rings is 2. The second-order valence-electron chi connectivity index (χ2n) is 3.30. The Hall–Kier alpha value is -0.384. The van der Waals surface area contributed by atoms with Gasteiger partial charge in [-0.05, 0) is 11.6 Å². The summed E-state index contributed by atoms with van der Waals surface area (Å²) in [5, 5.41) is 9.54. The number of phenols is 1. The molecule has 1 nitrogen and oxygen atoms in total. The van der Waals surface area contributed by atoms with Crippen molar-refractivity contribution < 1.29 is 56.5 Å². The van der Waals surface area contributed by atoms with Crippen LogP contribution in [0.3, 0.4) is 0 Å². The van der Waals surface area contributed by atoms with Gasteiger partial charge in [0.25, 0.3) is 0 Å². The summed E-state index contributed by atoms with van der Waals surface area (Å²) < 4.78 is 0. The van der Waals surface area contributed by atoms with E-state index in [1.807, 2.05) is 60.7 Å². The van der Waals surface area contributed by atoms with Gasteiger partial charge < -0.3 is 5.11 Å². The van der Waals surface area contributed by atoms with Crippen LogP contribution < -0.4 is 51.4 Å². The van der Waals surface area contributed by atoms with Crippen LogP contribution in [0.2, 0.25) is 0 Å². The van der Waals surface area contributed by atoms with Gasteiger partial charge in [0.15, 0.2) is 0 Å². The molecule has 0 atom stereocenters. The largest absolute Gasteiger partial charge is 1.00 e. The quantitative estimate of drug-likeness (QED) is 0.596. The van der Waals surface area contributed by atoms with Crippen LogP contribution in [-0.4, -0.2) is 5.11 Å². The minimum absolute atomic E-state index is 0. The van der Waals surface area contributed by atoms with Gasteiger partial charge in [0.05, 0.1) is 0 Å². The zero-order chi connectivity index (χ0) is 10.5. The first-order valence-corrected chi connectivity index (χ1v) is 4.87. The van der Waals surface area contributed by atoms with E-state index >= 15 is 0 Å². The predicted octanol–water partition coefficient (Wildman–Crippen LogP) is 0.567. The Balaban J connectivity index is 0.00000128. The van der Waals surface area contributed by atoms with Crippen molar-refractivity contribution in [2.24, 2.45) is 0 Å². The molecular weight excluding hydrogens is 223 g/mol. The summed E-state index contributed by atoms with van der Waals surface area (Å²) in [6, 6.07) is 17.3. The second kappa shape index (κ2) is 7.04. The summed E-state index contributed by atoms with van der Waals surface area (Å²) in [6.45, 7) is 0. The Morgan fingerprint density at radius 2 is 1.38 bits per heavy atom. The smallest absolute Gasteiger partial charge is 0.507 e. The third-order valence-electron chi connectivity index (χ3n) is 2.19. The van der Waals surface area contributed by atoms with E-state index in [1.54, 1.807) is 6.07 Å². The van der Waals surface area contributed by atoms with Crippen LogP contribution in [0, 0.1) is 0 Å². The molecule has 2 heteroatoms. The Morgan fingerprint density at radius 1 is 0.750 bits per heavy atom. The van der Waals surface area contributed by atoms with Crippen molar-refractivity contribution >= 4 is 12.2 Å². The van der Waals surface area contributed by atoms with E-state index in [2.05, 4.69) is 0 Å². The molecule has 2 aromatic carbocycles. The van der Waals surface area contributed by atoms with Crippen molar-refractivity contribution in [2.45, 2.75) is 0 Å². The van der Waals surface area contributed by atoms with Crippen molar-refractivity contribution in [1.29, 1.82) is 0 Å². The van der Waals surface area contributed by atoms with E-state index in [0.29, 0.717) is 5.75 Å². The first kappa shape index (κ1) is 13.7. The van der Waals surface area contributed by atoms with Crippen LogP contribution in [0.25, 0.3) is 12.2 Å². The summed E-state index contributed by atoms with van der Waals surface area (Å²) in [7, 11) is 0. The minimum atomic E-state index is 0. The van der Waals surface area contributed by atoms with Gasteiger partial charge in [0.1, 0.15) is 5.75 Å². The van der Waals surface area contributed by atoms with E-state index in [4.69, 9.17) is 0 Å². The Morgan fingerprint density at radius 3 is 2.06 bits per heavy atom. The summed E-state index contributed by atoms with van der Waals surface area (Å²) >= 11 is 0. The first-order chi connectivity index (χ1) is 7.36. The molecule has 0 heterocycles. The predicted molar refractivity (Wildman–Crippen MR) is 63.5 cm³/mol. The molecule has 0 fully saturated rings.